The Labute approximate surface area is 120 Å². The summed E-state index contributed by atoms with van der Waals surface area (Å²) in [6, 6.07) is 9.66. The fourth-order valence-electron chi connectivity index (χ4n) is 2.54. The summed E-state index contributed by atoms with van der Waals surface area (Å²) in [4.78, 5) is 11.9. The van der Waals surface area contributed by atoms with Crippen molar-refractivity contribution in [2.45, 2.75) is 38.2 Å². The lowest BCUT2D eigenvalue weighted by Gasteiger charge is -2.24. The first-order valence-corrected chi connectivity index (χ1v) is 7.39. The number of aliphatic hydroxyl groups is 1. The van der Waals surface area contributed by atoms with Crippen LogP contribution in [0.3, 0.4) is 0 Å². The molecule has 0 unspecified atom stereocenters. The summed E-state index contributed by atoms with van der Waals surface area (Å²) < 4.78 is 5.56. The third-order valence-corrected chi connectivity index (χ3v) is 3.65. The molecule has 0 spiro atoms. The highest BCUT2D eigenvalue weighted by Crippen LogP contribution is 2.24. The highest BCUT2D eigenvalue weighted by atomic mass is 16.5. The van der Waals surface area contributed by atoms with Gasteiger partial charge in [0.1, 0.15) is 5.75 Å². The second kappa shape index (κ2) is 7.90. The summed E-state index contributed by atoms with van der Waals surface area (Å²) >= 11 is 0. The third kappa shape index (κ3) is 4.85. The molecular formula is C16H23NO3. The molecule has 0 heterocycles. The number of carbonyl (C=O) groups excluding carboxylic acids is 1. The number of benzene rings is 1. The van der Waals surface area contributed by atoms with Crippen LogP contribution in [0.2, 0.25) is 0 Å². The predicted molar refractivity (Wildman–Crippen MR) is 77.5 cm³/mol. The number of rotatable bonds is 6. The number of amides is 1. The molecule has 0 aromatic heterocycles. The van der Waals surface area contributed by atoms with Crippen LogP contribution in [-0.4, -0.2) is 30.3 Å². The first-order chi connectivity index (χ1) is 9.75. The number of carbonyl (C=O) groups is 1. The second-order valence-electron chi connectivity index (χ2n) is 5.32. The van der Waals surface area contributed by atoms with E-state index in [0.717, 1.165) is 31.4 Å². The fraction of sp³-hybridized carbons (Fsp3) is 0.562. The second-order valence-corrected chi connectivity index (χ2v) is 5.32. The lowest BCUT2D eigenvalue weighted by Crippen LogP contribution is -2.35. The van der Waals surface area contributed by atoms with Gasteiger partial charge in [0.25, 0.3) is 0 Å². The molecule has 2 atom stereocenters. The van der Waals surface area contributed by atoms with Gasteiger partial charge in [-0.15, -0.1) is 0 Å². The molecule has 0 bridgehead atoms. The van der Waals surface area contributed by atoms with Crippen LogP contribution >= 0.6 is 0 Å². The molecule has 2 rings (SSSR count). The van der Waals surface area contributed by atoms with Crippen molar-refractivity contribution in [3.8, 4) is 5.75 Å². The molecule has 0 saturated heterocycles. The molecule has 0 aliphatic heterocycles. The Balaban J connectivity index is 1.57. The van der Waals surface area contributed by atoms with E-state index in [9.17, 15) is 9.90 Å². The Bertz CT molecular complexity index is 407. The Morgan fingerprint density at radius 1 is 1.30 bits per heavy atom. The van der Waals surface area contributed by atoms with Gasteiger partial charge in [0.2, 0.25) is 5.91 Å². The number of hydrogen-bond donors (Lipinski definition) is 2. The lowest BCUT2D eigenvalue weighted by molar-refractivity contribution is -0.127. The van der Waals surface area contributed by atoms with Gasteiger partial charge in [0.15, 0.2) is 0 Å². The van der Waals surface area contributed by atoms with E-state index in [-0.39, 0.29) is 17.9 Å². The van der Waals surface area contributed by atoms with Crippen LogP contribution < -0.4 is 10.1 Å². The van der Waals surface area contributed by atoms with Crippen molar-refractivity contribution in [3.63, 3.8) is 0 Å². The summed E-state index contributed by atoms with van der Waals surface area (Å²) in [6.45, 7) is 1.22. The van der Waals surface area contributed by atoms with Crippen molar-refractivity contribution in [2.24, 2.45) is 5.92 Å². The maximum atomic E-state index is 11.9. The Hall–Kier alpha value is -1.55. The number of aliphatic hydroxyl groups excluding tert-OH is 1. The van der Waals surface area contributed by atoms with Crippen molar-refractivity contribution in [1.82, 2.24) is 5.32 Å². The number of para-hydroxylation sites is 1. The Kier molecular flexibility index (Phi) is 5.87. The normalized spacial score (nSPS) is 22.2. The van der Waals surface area contributed by atoms with Crippen LogP contribution in [0.5, 0.6) is 5.75 Å². The van der Waals surface area contributed by atoms with Crippen LogP contribution in [0.25, 0.3) is 0 Å². The van der Waals surface area contributed by atoms with Crippen LogP contribution in [0, 0.1) is 5.92 Å². The highest BCUT2D eigenvalue weighted by Gasteiger charge is 2.25. The molecule has 1 amide bonds. The van der Waals surface area contributed by atoms with Gasteiger partial charge in [0.05, 0.1) is 12.7 Å². The first kappa shape index (κ1) is 14.9. The van der Waals surface area contributed by atoms with Crippen molar-refractivity contribution in [1.29, 1.82) is 0 Å². The zero-order valence-corrected chi connectivity index (χ0v) is 11.8. The topological polar surface area (TPSA) is 58.6 Å². The molecule has 1 aromatic rings. The Morgan fingerprint density at radius 2 is 2.10 bits per heavy atom. The molecule has 1 fully saturated rings. The molecule has 110 valence electrons. The smallest absolute Gasteiger partial charge is 0.223 e. The van der Waals surface area contributed by atoms with Gasteiger partial charge in [-0.2, -0.15) is 0 Å². The molecular weight excluding hydrogens is 254 g/mol. The van der Waals surface area contributed by atoms with E-state index in [1.54, 1.807) is 0 Å². The maximum Gasteiger partial charge on any atom is 0.223 e. The van der Waals surface area contributed by atoms with Gasteiger partial charge >= 0.3 is 0 Å². The van der Waals surface area contributed by atoms with Crippen LogP contribution in [0.4, 0.5) is 0 Å². The average molecular weight is 277 g/mol. The van der Waals surface area contributed by atoms with Crippen LogP contribution in [-0.2, 0) is 4.79 Å². The summed E-state index contributed by atoms with van der Waals surface area (Å²) in [6.07, 6.45) is 3.75. The summed E-state index contributed by atoms with van der Waals surface area (Å²) in [5.41, 5.74) is 0. The van der Waals surface area contributed by atoms with Crippen molar-refractivity contribution >= 4 is 5.91 Å². The molecule has 1 aromatic carbocycles. The molecule has 4 heteroatoms. The Morgan fingerprint density at radius 3 is 2.85 bits per heavy atom. The predicted octanol–water partition coefficient (Wildman–Crippen LogP) is 2.12. The highest BCUT2D eigenvalue weighted by molar-refractivity contribution is 5.78. The van der Waals surface area contributed by atoms with Gasteiger partial charge in [-0.1, -0.05) is 24.6 Å². The minimum absolute atomic E-state index is 0.0196. The molecule has 1 aliphatic carbocycles. The van der Waals surface area contributed by atoms with E-state index in [1.165, 1.54) is 0 Å². The largest absolute Gasteiger partial charge is 0.494 e. The molecule has 1 saturated carbocycles. The fourth-order valence-corrected chi connectivity index (χ4v) is 2.54. The third-order valence-electron chi connectivity index (χ3n) is 3.65. The quantitative estimate of drug-likeness (QED) is 0.783. The van der Waals surface area contributed by atoms with Crippen molar-refractivity contribution < 1.29 is 14.6 Å². The van der Waals surface area contributed by atoms with Gasteiger partial charge in [0, 0.05) is 12.5 Å². The minimum Gasteiger partial charge on any atom is -0.494 e. The molecule has 0 radical (unpaired) electrons. The van der Waals surface area contributed by atoms with Crippen molar-refractivity contribution in [2.75, 3.05) is 13.2 Å². The van der Waals surface area contributed by atoms with E-state index < -0.39 is 0 Å². The lowest BCUT2D eigenvalue weighted by atomic mass is 9.87. The van der Waals surface area contributed by atoms with Crippen LogP contribution in [0.1, 0.15) is 32.1 Å². The molecule has 4 nitrogen and oxygen atoms in total. The van der Waals surface area contributed by atoms with E-state index in [1.807, 2.05) is 30.3 Å². The summed E-state index contributed by atoms with van der Waals surface area (Å²) in [5, 5.41) is 12.5. The molecule has 2 N–H and O–H groups in total. The van der Waals surface area contributed by atoms with Gasteiger partial charge in [-0.05, 0) is 37.8 Å². The van der Waals surface area contributed by atoms with Crippen LogP contribution in [0.15, 0.2) is 30.3 Å². The number of nitrogens with one attached hydrogen (secondary N) is 1. The number of hydrogen-bond acceptors (Lipinski definition) is 3. The minimum atomic E-state index is -0.305. The van der Waals surface area contributed by atoms with Gasteiger partial charge in [-0.25, -0.2) is 0 Å². The van der Waals surface area contributed by atoms with E-state index in [4.69, 9.17) is 4.74 Å². The zero-order chi connectivity index (χ0) is 14.2. The SMILES string of the molecule is O=C(NCCCOc1ccccc1)[C@H]1CCC[C@@H](O)C1. The maximum absolute atomic E-state index is 11.9. The van der Waals surface area contributed by atoms with E-state index in [2.05, 4.69) is 5.32 Å². The van der Waals surface area contributed by atoms with Gasteiger partial charge < -0.3 is 15.2 Å². The monoisotopic (exact) mass is 277 g/mol. The number of ether oxygens (including phenoxy) is 1. The van der Waals surface area contributed by atoms with Crippen molar-refractivity contribution in [3.05, 3.63) is 30.3 Å². The first-order valence-electron chi connectivity index (χ1n) is 7.39. The van der Waals surface area contributed by atoms with E-state index in [0.29, 0.717) is 19.6 Å². The summed E-state index contributed by atoms with van der Waals surface area (Å²) in [5.74, 6) is 0.909. The zero-order valence-electron chi connectivity index (χ0n) is 11.8. The molecule has 20 heavy (non-hydrogen) atoms. The summed E-state index contributed by atoms with van der Waals surface area (Å²) in [7, 11) is 0. The van der Waals surface area contributed by atoms with Gasteiger partial charge in [-0.3, -0.25) is 4.79 Å². The average Bonchev–Trinajstić information content (AvgIpc) is 2.48. The molecule has 1 aliphatic rings. The standard InChI is InChI=1S/C16H23NO3/c18-14-7-4-6-13(12-14)16(19)17-10-5-11-20-15-8-2-1-3-9-15/h1-3,8-9,13-14,18H,4-7,10-12H2,(H,17,19)/t13-,14+/m0/s1. The van der Waals surface area contributed by atoms with E-state index >= 15 is 0 Å².